The molecule has 7 heteroatoms. The molecule has 1 amide bonds. The van der Waals surface area contributed by atoms with Crippen molar-refractivity contribution in [3.8, 4) is 0 Å². The maximum absolute atomic E-state index is 11.9. The molecule has 0 aliphatic rings. The van der Waals surface area contributed by atoms with Gasteiger partial charge in [0.25, 0.3) is 5.91 Å². The zero-order chi connectivity index (χ0) is 15.3. The number of hydrogen-bond acceptors (Lipinski definition) is 4. The minimum absolute atomic E-state index is 0.131. The molecule has 0 aliphatic heterocycles. The molecule has 0 radical (unpaired) electrons. The van der Waals surface area contributed by atoms with Crippen LogP contribution < -0.4 is 5.32 Å². The van der Waals surface area contributed by atoms with Gasteiger partial charge in [-0.2, -0.15) is 0 Å². The van der Waals surface area contributed by atoms with Gasteiger partial charge in [0.1, 0.15) is 0 Å². The van der Waals surface area contributed by atoms with Crippen molar-refractivity contribution < 1.29 is 23.1 Å². The first kappa shape index (κ1) is 16.2. The first-order valence-electron chi connectivity index (χ1n) is 6.06. The van der Waals surface area contributed by atoms with Crippen molar-refractivity contribution >= 4 is 21.7 Å². The Morgan fingerprint density at radius 3 is 2.20 bits per heavy atom. The van der Waals surface area contributed by atoms with Crippen LogP contribution >= 0.6 is 0 Å². The molecule has 1 rings (SSSR count). The second kappa shape index (κ2) is 6.51. The summed E-state index contributed by atoms with van der Waals surface area (Å²) in [6.07, 6.45) is 1.44. The van der Waals surface area contributed by atoms with E-state index in [0.717, 1.165) is 6.26 Å². The highest BCUT2D eigenvalue weighted by atomic mass is 32.2. The number of benzene rings is 1. The highest BCUT2D eigenvalue weighted by Crippen LogP contribution is 2.11. The van der Waals surface area contributed by atoms with E-state index < -0.39 is 27.8 Å². The van der Waals surface area contributed by atoms with Gasteiger partial charge in [-0.15, -0.1) is 0 Å². The Kier molecular flexibility index (Phi) is 5.26. The molecule has 0 bridgehead atoms. The predicted octanol–water partition coefficient (Wildman–Crippen LogP) is 1.07. The Hall–Kier alpha value is -1.89. The minimum Gasteiger partial charge on any atom is -0.481 e. The van der Waals surface area contributed by atoms with Crippen LogP contribution in [0.5, 0.6) is 0 Å². The Morgan fingerprint density at radius 2 is 1.80 bits per heavy atom. The fourth-order valence-corrected chi connectivity index (χ4v) is 2.26. The average Bonchev–Trinajstić information content (AvgIpc) is 2.36. The standard InChI is InChI=1S/C13H17NO5S/c1-3-10(8-12(15)16)14-13(17)9-4-6-11(7-5-9)20(2,18)19/h4-7,10H,3,8H2,1-2H3,(H,14,17)(H,15,16). The fourth-order valence-electron chi connectivity index (χ4n) is 1.63. The first-order valence-corrected chi connectivity index (χ1v) is 7.96. The number of carbonyl (C=O) groups excluding carboxylic acids is 1. The Bertz CT molecular complexity index is 592. The lowest BCUT2D eigenvalue weighted by Crippen LogP contribution is -2.36. The molecule has 1 atom stereocenters. The first-order chi connectivity index (χ1) is 9.24. The summed E-state index contributed by atoms with van der Waals surface area (Å²) in [5.74, 6) is -1.40. The van der Waals surface area contributed by atoms with Crippen LogP contribution in [0, 0.1) is 0 Å². The van der Waals surface area contributed by atoms with E-state index in [1.807, 2.05) is 0 Å². The lowest BCUT2D eigenvalue weighted by molar-refractivity contribution is -0.137. The van der Waals surface area contributed by atoms with Gasteiger partial charge in [-0.05, 0) is 30.7 Å². The third kappa shape index (κ3) is 4.65. The van der Waals surface area contributed by atoms with Gasteiger partial charge in [-0.1, -0.05) is 6.92 Å². The molecule has 20 heavy (non-hydrogen) atoms. The summed E-state index contributed by atoms with van der Waals surface area (Å²) in [6.45, 7) is 1.78. The molecule has 1 aromatic carbocycles. The number of sulfone groups is 1. The van der Waals surface area contributed by atoms with Gasteiger partial charge in [0.05, 0.1) is 11.3 Å². The number of carboxylic acids is 1. The zero-order valence-electron chi connectivity index (χ0n) is 11.3. The second-order valence-corrected chi connectivity index (χ2v) is 6.49. The van der Waals surface area contributed by atoms with Crippen LogP contribution in [0.3, 0.4) is 0 Å². The van der Waals surface area contributed by atoms with E-state index in [4.69, 9.17) is 5.11 Å². The van der Waals surface area contributed by atoms with Crippen LogP contribution in [-0.4, -0.2) is 37.7 Å². The topological polar surface area (TPSA) is 101 Å². The lowest BCUT2D eigenvalue weighted by Gasteiger charge is -2.14. The van der Waals surface area contributed by atoms with E-state index >= 15 is 0 Å². The highest BCUT2D eigenvalue weighted by Gasteiger charge is 2.16. The average molecular weight is 299 g/mol. The molecule has 6 nitrogen and oxygen atoms in total. The molecular formula is C13H17NO5S. The van der Waals surface area contributed by atoms with Crippen molar-refractivity contribution in [1.29, 1.82) is 0 Å². The number of rotatable bonds is 6. The summed E-state index contributed by atoms with van der Waals surface area (Å²) in [5, 5.41) is 11.3. The summed E-state index contributed by atoms with van der Waals surface area (Å²) < 4.78 is 22.6. The van der Waals surface area contributed by atoms with Gasteiger partial charge < -0.3 is 10.4 Å². The number of nitrogens with one attached hydrogen (secondary N) is 1. The fraction of sp³-hybridized carbons (Fsp3) is 0.385. The SMILES string of the molecule is CCC(CC(=O)O)NC(=O)c1ccc(S(C)(=O)=O)cc1. The monoisotopic (exact) mass is 299 g/mol. The lowest BCUT2D eigenvalue weighted by atomic mass is 10.1. The van der Waals surface area contributed by atoms with Crippen LogP contribution in [0.1, 0.15) is 30.1 Å². The van der Waals surface area contributed by atoms with Gasteiger partial charge in [0.2, 0.25) is 0 Å². The number of carbonyl (C=O) groups is 2. The quantitative estimate of drug-likeness (QED) is 0.818. The number of hydrogen-bond donors (Lipinski definition) is 2. The maximum atomic E-state index is 11.9. The van der Waals surface area contributed by atoms with E-state index in [-0.39, 0.29) is 11.3 Å². The highest BCUT2D eigenvalue weighted by molar-refractivity contribution is 7.90. The van der Waals surface area contributed by atoms with Gasteiger partial charge in [0, 0.05) is 17.9 Å². The second-order valence-electron chi connectivity index (χ2n) is 4.47. The molecule has 0 fully saturated rings. The van der Waals surface area contributed by atoms with Crippen molar-refractivity contribution in [1.82, 2.24) is 5.32 Å². The predicted molar refractivity (Wildman–Crippen MR) is 73.3 cm³/mol. The molecule has 0 aliphatic carbocycles. The molecule has 0 spiro atoms. The van der Waals surface area contributed by atoms with Gasteiger partial charge >= 0.3 is 5.97 Å². The van der Waals surface area contributed by atoms with Gasteiger partial charge in [0.15, 0.2) is 9.84 Å². The van der Waals surface area contributed by atoms with Crippen LogP contribution in [0.25, 0.3) is 0 Å². The number of carboxylic acid groups (broad SMARTS) is 1. The molecule has 110 valence electrons. The number of amides is 1. The molecule has 2 N–H and O–H groups in total. The summed E-state index contributed by atoms with van der Waals surface area (Å²) in [7, 11) is -3.30. The van der Waals surface area contributed by atoms with Crippen molar-refractivity contribution in [2.45, 2.75) is 30.7 Å². The van der Waals surface area contributed by atoms with Crippen molar-refractivity contribution in [3.05, 3.63) is 29.8 Å². The molecule has 1 aromatic rings. The summed E-state index contributed by atoms with van der Waals surface area (Å²) in [5.41, 5.74) is 0.293. The maximum Gasteiger partial charge on any atom is 0.305 e. The molecule has 1 unspecified atom stereocenters. The zero-order valence-corrected chi connectivity index (χ0v) is 12.1. The summed E-state index contributed by atoms with van der Waals surface area (Å²) in [6, 6.07) is 5.05. The van der Waals surface area contributed by atoms with Crippen LogP contribution in [0.2, 0.25) is 0 Å². The number of aliphatic carboxylic acids is 1. The molecule has 0 heterocycles. The minimum atomic E-state index is -3.30. The van der Waals surface area contributed by atoms with E-state index in [1.165, 1.54) is 24.3 Å². The third-order valence-electron chi connectivity index (χ3n) is 2.79. The largest absolute Gasteiger partial charge is 0.481 e. The normalized spacial score (nSPS) is 12.7. The Morgan fingerprint density at radius 1 is 1.25 bits per heavy atom. The van der Waals surface area contributed by atoms with E-state index in [0.29, 0.717) is 12.0 Å². The van der Waals surface area contributed by atoms with Crippen LogP contribution in [0.4, 0.5) is 0 Å². The Labute approximate surface area is 117 Å². The van der Waals surface area contributed by atoms with E-state index in [9.17, 15) is 18.0 Å². The van der Waals surface area contributed by atoms with Gasteiger partial charge in [-0.25, -0.2) is 8.42 Å². The summed E-state index contributed by atoms with van der Waals surface area (Å²) in [4.78, 5) is 22.7. The molecular weight excluding hydrogens is 282 g/mol. The van der Waals surface area contributed by atoms with Crippen molar-refractivity contribution in [3.63, 3.8) is 0 Å². The Balaban J connectivity index is 2.80. The van der Waals surface area contributed by atoms with Gasteiger partial charge in [-0.3, -0.25) is 9.59 Å². The van der Waals surface area contributed by atoms with E-state index in [2.05, 4.69) is 5.32 Å². The molecule has 0 aromatic heterocycles. The molecule has 0 saturated heterocycles. The summed E-state index contributed by atoms with van der Waals surface area (Å²) >= 11 is 0. The van der Waals surface area contributed by atoms with Crippen LogP contribution in [0.15, 0.2) is 29.2 Å². The molecule has 0 saturated carbocycles. The van der Waals surface area contributed by atoms with Crippen molar-refractivity contribution in [2.75, 3.05) is 6.26 Å². The van der Waals surface area contributed by atoms with Crippen molar-refractivity contribution in [2.24, 2.45) is 0 Å². The van der Waals surface area contributed by atoms with E-state index in [1.54, 1.807) is 6.92 Å². The third-order valence-corrected chi connectivity index (χ3v) is 3.92. The smallest absolute Gasteiger partial charge is 0.305 e. The van der Waals surface area contributed by atoms with Crippen LogP contribution in [-0.2, 0) is 14.6 Å².